The molecule has 1 unspecified atom stereocenters. The Hall–Kier alpha value is -0.780. The summed E-state index contributed by atoms with van der Waals surface area (Å²) in [6.07, 6.45) is 0.295. The van der Waals surface area contributed by atoms with Gasteiger partial charge in [-0.2, -0.15) is 0 Å². The minimum absolute atomic E-state index is 0.00730. The average molecular weight is 336 g/mol. The van der Waals surface area contributed by atoms with E-state index in [1.54, 1.807) is 0 Å². The molecule has 0 bridgehead atoms. The van der Waals surface area contributed by atoms with Gasteiger partial charge in [0.2, 0.25) is 5.91 Å². The Kier molecular flexibility index (Phi) is 4.94. The third-order valence-corrected chi connectivity index (χ3v) is 4.53. The minimum atomic E-state index is -0.649. The Labute approximate surface area is 130 Å². The lowest BCUT2D eigenvalue weighted by Crippen LogP contribution is -2.26. The first kappa shape index (κ1) is 15.6. The second kappa shape index (κ2) is 6.33. The van der Waals surface area contributed by atoms with E-state index in [0.29, 0.717) is 18.7 Å². The number of hydrogen-bond acceptors (Lipinski definition) is 3. The van der Waals surface area contributed by atoms with Crippen LogP contribution in [0.2, 0.25) is 10.0 Å². The van der Waals surface area contributed by atoms with E-state index in [1.165, 1.54) is 35.7 Å². The monoisotopic (exact) mass is 335 g/mol. The number of nitrogens with zero attached hydrogens (tertiary/aromatic N) is 1. The fourth-order valence-electron chi connectivity index (χ4n) is 2.10. The first-order chi connectivity index (χ1) is 9.38. The number of halogens is 3. The van der Waals surface area contributed by atoms with E-state index < -0.39 is 5.82 Å². The Morgan fingerprint density at radius 1 is 1.50 bits per heavy atom. The fourth-order valence-corrected chi connectivity index (χ4v) is 3.28. The van der Waals surface area contributed by atoms with Gasteiger partial charge in [-0.25, -0.2) is 4.39 Å². The van der Waals surface area contributed by atoms with Gasteiger partial charge < -0.3 is 4.90 Å². The van der Waals surface area contributed by atoms with Crippen molar-refractivity contribution in [2.45, 2.75) is 13.3 Å². The number of carbonyl (C=O) groups is 2. The van der Waals surface area contributed by atoms with Gasteiger partial charge in [0.1, 0.15) is 0 Å². The molecule has 0 saturated carbocycles. The number of thioether (sulfide) groups is 1. The molecule has 0 radical (unpaired) electrons. The zero-order valence-corrected chi connectivity index (χ0v) is 13.0. The lowest BCUT2D eigenvalue weighted by atomic mass is 10.1. The average Bonchev–Trinajstić information content (AvgIpc) is 2.72. The summed E-state index contributed by atoms with van der Waals surface area (Å²) in [5, 5.41) is 0.176. The van der Waals surface area contributed by atoms with Crippen molar-refractivity contribution >= 4 is 51.7 Å². The van der Waals surface area contributed by atoms with Crippen LogP contribution in [0.4, 0.5) is 10.1 Å². The van der Waals surface area contributed by atoms with Crippen LogP contribution in [0.5, 0.6) is 0 Å². The number of amides is 1. The van der Waals surface area contributed by atoms with Crippen molar-refractivity contribution in [2.75, 3.05) is 17.2 Å². The Morgan fingerprint density at radius 2 is 2.20 bits per heavy atom. The van der Waals surface area contributed by atoms with Crippen LogP contribution in [0.1, 0.15) is 13.3 Å². The number of hydrogen-bond donors (Lipinski definition) is 0. The number of anilines is 1. The third-order valence-electron chi connectivity index (χ3n) is 2.99. The smallest absolute Gasteiger partial charge is 0.227 e. The van der Waals surface area contributed by atoms with E-state index >= 15 is 0 Å². The summed E-state index contributed by atoms with van der Waals surface area (Å²) in [4.78, 5) is 24.3. The molecule has 0 N–H and O–H groups in total. The topological polar surface area (TPSA) is 37.4 Å². The highest BCUT2D eigenvalue weighted by molar-refractivity contribution is 8.13. The molecule has 1 aliphatic rings. The van der Waals surface area contributed by atoms with Crippen LogP contribution >= 0.6 is 35.0 Å². The van der Waals surface area contributed by atoms with Gasteiger partial charge in [0.15, 0.2) is 10.9 Å². The van der Waals surface area contributed by atoms with Crippen LogP contribution in [0.3, 0.4) is 0 Å². The molecule has 1 heterocycles. The second-order valence-corrected chi connectivity index (χ2v) is 6.64. The lowest BCUT2D eigenvalue weighted by Gasteiger charge is -2.18. The molecule has 2 rings (SSSR count). The van der Waals surface area contributed by atoms with Crippen molar-refractivity contribution in [3.8, 4) is 0 Å². The predicted molar refractivity (Wildman–Crippen MR) is 80.0 cm³/mol. The number of carbonyl (C=O) groups excluding carboxylic acids is 2. The predicted octanol–water partition coefficient (Wildman–Crippen LogP) is 3.77. The molecule has 1 saturated heterocycles. The normalized spacial score (nSPS) is 18.7. The maximum atomic E-state index is 14.0. The molecule has 1 aromatic rings. The molecule has 1 aliphatic heterocycles. The summed E-state index contributed by atoms with van der Waals surface area (Å²) in [6.45, 7) is 1.85. The van der Waals surface area contributed by atoms with Crippen molar-refractivity contribution in [3.63, 3.8) is 0 Å². The highest BCUT2D eigenvalue weighted by Crippen LogP contribution is 2.34. The summed E-state index contributed by atoms with van der Waals surface area (Å²) < 4.78 is 14.0. The molecule has 20 heavy (non-hydrogen) atoms. The number of benzene rings is 1. The van der Waals surface area contributed by atoms with Crippen molar-refractivity contribution < 1.29 is 14.0 Å². The SMILES string of the molecule is CC(=O)SCC1CC(=O)N(c2cc(Cl)cc(Cl)c2F)C1. The summed E-state index contributed by atoms with van der Waals surface area (Å²) in [5.74, 6) is -0.262. The molecule has 1 fully saturated rings. The standard InChI is InChI=1S/C13H12Cl2FNO2S/c1-7(18)20-6-8-2-12(19)17(5-8)11-4-9(14)3-10(15)13(11)16/h3-4,8H,2,5-6H2,1H3. The molecular formula is C13H12Cl2FNO2S. The Morgan fingerprint density at radius 3 is 2.85 bits per heavy atom. The van der Waals surface area contributed by atoms with Gasteiger partial charge in [0.05, 0.1) is 10.7 Å². The molecule has 7 heteroatoms. The summed E-state index contributed by atoms with van der Waals surface area (Å²) in [5.41, 5.74) is 0.0998. The van der Waals surface area contributed by atoms with Gasteiger partial charge in [0, 0.05) is 30.7 Å². The van der Waals surface area contributed by atoms with Gasteiger partial charge in [-0.15, -0.1) is 0 Å². The molecule has 0 spiro atoms. The first-order valence-corrected chi connectivity index (χ1v) is 7.71. The van der Waals surface area contributed by atoms with E-state index in [4.69, 9.17) is 23.2 Å². The summed E-state index contributed by atoms with van der Waals surface area (Å²) >= 11 is 12.8. The quantitative estimate of drug-likeness (QED) is 0.789. The lowest BCUT2D eigenvalue weighted by molar-refractivity contribution is -0.117. The molecule has 1 atom stereocenters. The van der Waals surface area contributed by atoms with Crippen LogP contribution < -0.4 is 4.90 Å². The van der Waals surface area contributed by atoms with Gasteiger partial charge in [-0.05, 0) is 18.1 Å². The maximum Gasteiger partial charge on any atom is 0.227 e. The summed E-state index contributed by atoms with van der Waals surface area (Å²) in [7, 11) is 0. The largest absolute Gasteiger partial charge is 0.309 e. The van der Waals surface area contributed by atoms with Crippen molar-refractivity contribution in [1.29, 1.82) is 0 Å². The third kappa shape index (κ3) is 3.45. The molecule has 0 aromatic heterocycles. The molecular weight excluding hydrogens is 324 g/mol. The van der Waals surface area contributed by atoms with Gasteiger partial charge in [-0.1, -0.05) is 35.0 Å². The van der Waals surface area contributed by atoms with Crippen molar-refractivity contribution in [3.05, 3.63) is 28.0 Å². The van der Waals surface area contributed by atoms with Crippen LogP contribution in [0, 0.1) is 11.7 Å². The first-order valence-electron chi connectivity index (χ1n) is 5.96. The van der Waals surface area contributed by atoms with E-state index in [1.807, 2.05) is 0 Å². The second-order valence-electron chi connectivity index (χ2n) is 4.60. The van der Waals surface area contributed by atoms with Crippen LogP contribution in [0.25, 0.3) is 0 Å². The van der Waals surface area contributed by atoms with Gasteiger partial charge >= 0.3 is 0 Å². The fraction of sp³-hybridized carbons (Fsp3) is 0.385. The van der Waals surface area contributed by atoms with E-state index in [-0.39, 0.29) is 32.7 Å². The van der Waals surface area contributed by atoms with E-state index in [9.17, 15) is 14.0 Å². The number of rotatable bonds is 3. The summed E-state index contributed by atoms with van der Waals surface area (Å²) in [6, 6.07) is 2.69. The molecule has 108 valence electrons. The molecule has 1 aromatic carbocycles. The van der Waals surface area contributed by atoms with E-state index in [2.05, 4.69) is 0 Å². The highest BCUT2D eigenvalue weighted by Gasteiger charge is 2.32. The molecule has 3 nitrogen and oxygen atoms in total. The minimum Gasteiger partial charge on any atom is -0.309 e. The van der Waals surface area contributed by atoms with Crippen molar-refractivity contribution in [1.82, 2.24) is 0 Å². The van der Waals surface area contributed by atoms with Crippen molar-refractivity contribution in [2.24, 2.45) is 5.92 Å². The van der Waals surface area contributed by atoms with Gasteiger partial charge in [-0.3, -0.25) is 9.59 Å². The molecule has 0 aliphatic carbocycles. The Bertz CT molecular complexity index is 568. The zero-order chi connectivity index (χ0) is 14.9. The zero-order valence-electron chi connectivity index (χ0n) is 10.7. The van der Waals surface area contributed by atoms with Crippen LogP contribution in [-0.4, -0.2) is 23.3 Å². The Balaban J connectivity index is 2.18. The molecule has 1 amide bonds. The van der Waals surface area contributed by atoms with Crippen LogP contribution in [0.15, 0.2) is 12.1 Å². The maximum absolute atomic E-state index is 14.0. The van der Waals surface area contributed by atoms with Crippen LogP contribution in [-0.2, 0) is 9.59 Å². The van der Waals surface area contributed by atoms with E-state index in [0.717, 1.165) is 0 Å². The highest BCUT2D eigenvalue weighted by atomic mass is 35.5. The van der Waals surface area contributed by atoms with Gasteiger partial charge in [0.25, 0.3) is 0 Å².